The zero-order chi connectivity index (χ0) is 12.8. The van der Waals surface area contributed by atoms with Crippen molar-refractivity contribution in [3.8, 4) is 0 Å². The normalized spacial score (nSPS) is 11.2. The Morgan fingerprint density at radius 1 is 1.35 bits per heavy atom. The summed E-state index contributed by atoms with van der Waals surface area (Å²) in [4.78, 5) is 13.9. The molecule has 1 rings (SSSR count). The minimum absolute atomic E-state index is 0.126. The topological polar surface area (TPSA) is 45.5 Å². The third-order valence-electron chi connectivity index (χ3n) is 2.56. The van der Waals surface area contributed by atoms with Crippen molar-refractivity contribution in [1.29, 1.82) is 0 Å². The number of rotatable bonds is 6. The fraction of sp³-hybridized carbons (Fsp3) is 0.615. The van der Waals surface area contributed by atoms with E-state index >= 15 is 0 Å². The van der Waals surface area contributed by atoms with Crippen LogP contribution in [0.3, 0.4) is 0 Å². The highest BCUT2D eigenvalue weighted by atomic mass is 16.3. The van der Waals surface area contributed by atoms with Crippen LogP contribution in [0.25, 0.3) is 0 Å². The van der Waals surface area contributed by atoms with Crippen molar-refractivity contribution in [3.63, 3.8) is 0 Å². The molecule has 17 heavy (non-hydrogen) atoms. The van der Waals surface area contributed by atoms with Gasteiger partial charge in [-0.05, 0) is 39.8 Å². The highest BCUT2D eigenvalue weighted by Crippen LogP contribution is 2.05. The molecule has 0 unspecified atom stereocenters. The van der Waals surface area contributed by atoms with E-state index in [1.54, 1.807) is 6.26 Å². The lowest BCUT2D eigenvalue weighted by atomic mass is 10.2. The Hall–Kier alpha value is -1.29. The molecule has 0 atom stereocenters. The van der Waals surface area contributed by atoms with Gasteiger partial charge in [0, 0.05) is 12.1 Å². The number of furan rings is 1. The molecule has 0 aliphatic carbocycles. The van der Waals surface area contributed by atoms with Gasteiger partial charge in [-0.1, -0.05) is 0 Å². The van der Waals surface area contributed by atoms with E-state index in [9.17, 15) is 4.79 Å². The second kappa shape index (κ2) is 6.45. The minimum atomic E-state index is 0.126. The lowest BCUT2D eigenvalue weighted by Crippen LogP contribution is -2.46. The molecular formula is C13H22N2O2. The predicted octanol–water partition coefficient (Wildman–Crippen LogP) is 2.01. The standard InChI is InChI=1S/C13H22N2O2/c1-10(2)15(11(3)4)13(16)9-14-8-12-6-5-7-17-12/h5-7,10-11,14H,8-9H2,1-4H3. The summed E-state index contributed by atoms with van der Waals surface area (Å²) in [6, 6.07) is 4.19. The highest BCUT2D eigenvalue weighted by molar-refractivity contribution is 5.78. The molecule has 0 bridgehead atoms. The first-order chi connectivity index (χ1) is 8.02. The lowest BCUT2D eigenvalue weighted by Gasteiger charge is -2.30. The van der Waals surface area contributed by atoms with E-state index in [1.165, 1.54) is 0 Å². The maximum atomic E-state index is 12.0. The molecule has 0 aromatic carbocycles. The van der Waals surface area contributed by atoms with Gasteiger partial charge >= 0.3 is 0 Å². The first kappa shape index (κ1) is 13.8. The Labute approximate surface area is 103 Å². The Bertz CT molecular complexity index is 323. The van der Waals surface area contributed by atoms with Crippen molar-refractivity contribution < 1.29 is 9.21 Å². The van der Waals surface area contributed by atoms with E-state index in [4.69, 9.17) is 4.42 Å². The Morgan fingerprint density at radius 3 is 2.47 bits per heavy atom. The van der Waals surface area contributed by atoms with Gasteiger partial charge in [0.15, 0.2) is 0 Å². The van der Waals surface area contributed by atoms with Crippen LogP contribution >= 0.6 is 0 Å². The van der Waals surface area contributed by atoms with E-state index in [-0.39, 0.29) is 18.0 Å². The van der Waals surface area contributed by atoms with Crippen LogP contribution in [0.4, 0.5) is 0 Å². The summed E-state index contributed by atoms with van der Waals surface area (Å²) < 4.78 is 5.18. The molecule has 4 heteroatoms. The molecule has 0 aliphatic rings. The van der Waals surface area contributed by atoms with Crippen molar-refractivity contribution in [2.75, 3.05) is 6.54 Å². The van der Waals surface area contributed by atoms with Crippen molar-refractivity contribution in [2.24, 2.45) is 0 Å². The number of nitrogens with zero attached hydrogens (tertiary/aromatic N) is 1. The Balaban J connectivity index is 2.37. The molecular weight excluding hydrogens is 216 g/mol. The molecule has 0 fully saturated rings. The molecule has 0 saturated carbocycles. The summed E-state index contributed by atoms with van der Waals surface area (Å²) in [6.45, 7) is 9.06. The van der Waals surface area contributed by atoms with Gasteiger partial charge in [-0.25, -0.2) is 0 Å². The van der Waals surface area contributed by atoms with E-state index < -0.39 is 0 Å². The summed E-state index contributed by atoms with van der Waals surface area (Å²) in [7, 11) is 0. The predicted molar refractivity (Wildman–Crippen MR) is 67.5 cm³/mol. The maximum Gasteiger partial charge on any atom is 0.236 e. The van der Waals surface area contributed by atoms with E-state index in [2.05, 4.69) is 5.32 Å². The number of hydrogen-bond acceptors (Lipinski definition) is 3. The summed E-state index contributed by atoms with van der Waals surface area (Å²) in [5.41, 5.74) is 0. The second-order valence-electron chi connectivity index (χ2n) is 4.67. The van der Waals surface area contributed by atoms with Gasteiger partial charge in [0.25, 0.3) is 0 Å². The zero-order valence-electron chi connectivity index (χ0n) is 11.1. The van der Waals surface area contributed by atoms with Gasteiger partial charge in [0.1, 0.15) is 5.76 Å². The fourth-order valence-electron chi connectivity index (χ4n) is 1.97. The quantitative estimate of drug-likeness (QED) is 0.824. The first-order valence-corrected chi connectivity index (χ1v) is 6.06. The van der Waals surface area contributed by atoms with E-state index in [0.717, 1.165) is 5.76 Å². The smallest absolute Gasteiger partial charge is 0.236 e. The molecule has 96 valence electrons. The maximum absolute atomic E-state index is 12.0. The summed E-state index contributed by atoms with van der Waals surface area (Å²) in [6.07, 6.45) is 1.63. The summed E-state index contributed by atoms with van der Waals surface area (Å²) >= 11 is 0. The molecule has 1 amide bonds. The average Bonchev–Trinajstić information content (AvgIpc) is 2.69. The van der Waals surface area contributed by atoms with Gasteiger partial charge in [0.2, 0.25) is 5.91 Å². The van der Waals surface area contributed by atoms with Gasteiger partial charge in [-0.2, -0.15) is 0 Å². The molecule has 0 saturated heterocycles. The molecule has 1 N–H and O–H groups in total. The summed E-state index contributed by atoms with van der Waals surface area (Å²) in [5, 5.41) is 3.09. The molecule has 0 aliphatic heterocycles. The average molecular weight is 238 g/mol. The number of carbonyl (C=O) groups is 1. The monoisotopic (exact) mass is 238 g/mol. The SMILES string of the molecule is CC(C)N(C(=O)CNCc1ccco1)C(C)C. The van der Waals surface area contributed by atoms with Crippen LogP contribution in [0.2, 0.25) is 0 Å². The largest absolute Gasteiger partial charge is 0.468 e. The lowest BCUT2D eigenvalue weighted by molar-refractivity contribution is -0.133. The third kappa shape index (κ3) is 4.23. The number of nitrogens with one attached hydrogen (secondary N) is 1. The molecule has 0 spiro atoms. The number of carbonyl (C=O) groups excluding carboxylic acids is 1. The zero-order valence-corrected chi connectivity index (χ0v) is 11.1. The van der Waals surface area contributed by atoms with Crippen molar-refractivity contribution in [3.05, 3.63) is 24.2 Å². The van der Waals surface area contributed by atoms with Crippen LogP contribution in [0.5, 0.6) is 0 Å². The Morgan fingerprint density at radius 2 is 2.00 bits per heavy atom. The Kier molecular flexibility index (Phi) is 5.22. The second-order valence-corrected chi connectivity index (χ2v) is 4.67. The molecule has 1 aromatic rings. The van der Waals surface area contributed by atoms with Gasteiger partial charge in [-0.15, -0.1) is 0 Å². The molecule has 0 radical (unpaired) electrons. The van der Waals surface area contributed by atoms with Crippen LogP contribution in [-0.4, -0.2) is 29.4 Å². The first-order valence-electron chi connectivity index (χ1n) is 6.06. The van der Waals surface area contributed by atoms with Gasteiger partial charge in [0.05, 0.1) is 19.4 Å². The van der Waals surface area contributed by atoms with Crippen molar-refractivity contribution in [2.45, 2.75) is 46.3 Å². The molecule has 1 aromatic heterocycles. The molecule has 1 heterocycles. The molecule has 4 nitrogen and oxygen atoms in total. The van der Waals surface area contributed by atoms with E-state index in [1.807, 2.05) is 44.7 Å². The van der Waals surface area contributed by atoms with Crippen LogP contribution in [0, 0.1) is 0 Å². The van der Waals surface area contributed by atoms with Crippen LogP contribution < -0.4 is 5.32 Å². The van der Waals surface area contributed by atoms with Crippen LogP contribution in [0.1, 0.15) is 33.5 Å². The number of amides is 1. The van der Waals surface area contributed by atoms with Crippen molar-refractivity contribution >= 4 is 5.91 Å². The summed E-state index contributed by atoms with van der Waals surface area (Å²) in [5.74, 6) is 0.972. The van der Waals surface area contributed by atoms with Crippen molar-refractivity contribution in [1.82, 2.24) is 10.2 Å². The van der Waals surface area contributed by atoms with Gasteiger partial charge in [-0.3, -0.25) is 4.79 Å². The minimum Gasteiger partial charge on any atom is -0.468 e. The third-order valence-corrected chi connectivity index (χ3v) is 2.56. The van der Waals surface area contributed by atoms with Crippen LogP contribution in [0.15, 0.2) is 22.8 Å². The number of hydrogen-bond donors (Lipinski definition) is 1. The highest BCUT2D eigenvalue weighted by Gasteiger charge is 2.19. The van der Waals surface area contributed by atoms with Crippen LogP contribution in [-0.2, 0) is 11.3 Å². The van der Waals surface area contributed by atoms with E-state index in [0.29, 0.717) is 13.1 Å². The fourth-order valence-corrected chi connectivity index (χ4v) is 1.97. The van der Waals surface area contributed by atoms with Gasteiger partial charge < -0.3 is 14.6 Å².